The summed E-state index contributed by atoms with van der Waals surface area (Å²) in [5.74, 6) is 3.29. The van der Waals surface area contributed by atoms with Crippen LogP contribution in [0.25, 0.3) is 0 Å². The molecule has 0 bridgehead atoms. The third-order valence-electron chi connectivity index (χ3n) is 6.63. The van der Waals surface area contributed by atoms with E-state index >= 15 is 0 Å². The van der Waals surface area contributed by atoms with Crippen LogP contribution in [0.5, 0.6) is 0 Å². The molecule has 0 saturated carbocycles. The maximum absolute atomic E-state index is 10.7. The molecule has 0 spiro atoms. The summed E-state index contributed by atoms with van der Waals surface area (Å²) in [5.41, 5.74) is 4.29. The minimum atomic E-state index is -10.7. The van der Waals surface area contributed by atoms with Crippen LogP contribution < -0.4 is 0 Å². The van der Waals surface area contributed by atoms with Gasteiger partial charge < -0.3 is 50.5 Å². The zero-order valence-corrected chi connectivity index (χ0v) is 40.0. The standard InChI is InChI=1S/2C19H17NS4.F6P.2Ru/c2*21-16-8-1-3-10-18(16)23-12-14-6-5-7-15(20-14)13-24-19-11-4-2-9-17(19)22;1-7(2,3,4,5)6;;/h2*1-11,21-22H,12-13H2;;;/q;;-1;+2;+3/p-4. The molecular formula is C38H30F6N2PRu2S8. The molecule has 0 aliphatic heterocycles. The minimum absolute atomic E-state index is 0. The molecule has 2 nitrogen and oxygen atoms in total. The molecule has 2 heterocycles. The number of halogens is 6. The third-order valence-corrected chi connectivity index (χ3v) is 13.0. The Bertz CT molecular complexity index is 1900. The largest absolute Gasteiger partial charge is 3.00 e. The molecule has 19 heteroatoms. The van der Waals surface area contributed by atoms with E-state index in [4.69, 9.17) is 60.5 Å². The van der Waals surface area contributed by atoms with E-state index in [1.807, 2.05) is 72.8 Å². The fourth-order valence-electron chi connectivity index (χ4n) is 4.26. The number of benzene rings is 4. The molecule has 0 fully saturated rings. The van der Waals surface area contributed by atoms with Crippen LogP contribution in [-0.4, -0.2) is 9.97 Å². The van der Waals surface area contributed by atoms with Crippen LogP contribution in [-0.2, 0) is 112 Å². The van der Waals surface area contributed by atoms with Gasteiger partial charge in [-0.15, -0.1) is 47.0 Å². The second-order valence-corrected chi connectivity index (χ2v) is 18.9. The molecular weight excluding hydrogens is 1090 g/mol. The van der Waals surface area contributed by atoms with Gasteiger partial charge in [0.05, 0.1) is 22.8 Å². The van der Waals surface area contributed by atoms with E-state index in [-0.39, 0.29) is 39.0 Å². The molecule has 1 radical (unpaired) electrons. The van der Waals surface area contributed by atoms with Gasteiger partial charge in [0.15, 0.2) is 0 Å². The molecule has 2 aromatic heterocycles. The van der Waals surface area contributed by atoms with Crippen LogP contribution in [0.2, 0.25) is 0 Å². The normalized spacial score (nSPS) is 11.8. The predicted molar refractivity (Wildman–Crippen MR) is 229 cm³/mol. The summed E-state index contributed by atoms with van der Waals surface area (Å²) in [6.45, 7) is 0. The van der Waals surface area contributed by atoms with E-state index in [2.05, 4.69) is 60.7 Å². The van der Waals surface area contributed by atoms with Crippen molar-refractivity contribution in [3.8, 4) is 0 Å². The maximum atomic E-state index is 9.87. The van der Waals surface area contributed by atoms with E-state index in [9.17, 15) is 25.2 Å². The van der Waals surface area contributed by atoms with Crippen molar-refractivity contribution < 1.29 is 64.1 Å². The quantitative estimate of drug-likeness (QED) is 0.0388. The Balaban J connectivity index is 0.000000328. The SMILES string of the molecule is F[P-](F)(F)(F)(F)F.[Ru+2].[Ru+3].[S-]c1ccccc1SCc1cccc(CSc2ccccc2[S-])n1.[S-]c1ccccc1SCc1cccc(CSc2ccccc2[S-])n1. The third kappa shape index (κ3) is 22.2. The molecule has 303 valence electrons. The molecule has 0 N–H and O–H groups in total. The number of aromatic nitrogens is 2. The second-order valence-electron chi connectivity index (χ2n) is 11.1. The molecule has 6 rings (SSSR count). The van der Waals surface area contributed by atoms with E-state index in [0.717, 1.165) is 85.0 Å². The van der Waals surface area contributed by atoms with Crippen LogP contribution in [0.15, 0.2) is 173 Å². The van der Waals surface area contributed by atoms with Crippen molar-refractivity contribution in [2.45, 2.75) is 62.2 Å². The Morgan fingerprint density at radius 1 is 0.368 bits per heavy atom. The fourth-order valence-corrected chi connectivity index (χ4v) is 8.96. The molecule has 4 aromatic carbocycles. The van der Waals surface area contributed by atoms with Crippen LogP contribution in [0.3, 0.4) is 0 Å². The van der Waals surface area contributed by atoms with Gasteiger partial charge in [-0.2, -0.15) is 19.6 Å². The number of pyridine rings is 2. The summed E-state index contributed by atoms with van der Waals surface area (Å²) in [6.07, 6.45) is 0. The van der Waals surface area contributed by atoms with Crippen molar-refractivity contribution in [1.82, 2.24) is 9.97 Å². The van der Waals surface area contributed by atoms with Crippen molar-refractivity contribution in [1.29, 1.82) is 0 Å². The van der Waals surface area contributed by atoms with Crippen molar-refractivity contribution in [2.75, 3.05) is 0 Å². The van der Waals surface area contributed by atoms with Gasteiger partial charge in [0, 0.05) is 23.0 Å². The van der Waals surface area contributed by atoms with Crippen LogP contribution in [0.4, 0.5) is 25.2 Å². The Labute approximate surface area is 393 Å². The predicted octanol–water partition coefficient (Wildman–Crippen LogP) is 14.3. The number of hydrogen-bond acceptors (Lipinski definition) is 10. The van der Waals surface area contributed by atoms with Gasteiger partial charge in [-0.05, 0) is 43.8 Å². The number of thioether (sulfide) groups is 4. The zero-order valence-electron chi connectivity index (χ0n) is 29.1. The first-order valence-electron chi connectivity index (χ1n) is 15.9. The topological polar surface area (TPSA) is 25.8 Å². The molecule has 0 saturated heterocycles. The first-order valence-corrected chi connectivity index (χ1v) is 23.5. The zero-order chi connectivity index (χ0) is 40.0. The molecule has 57 heavy (non-hydrogen) atoms. The second kappa shape index (κ2) is 23.6. The van der Waals surface area contributed by atoms with Crippen LogP contribution >= 0.6 is 54.9 Å². The number of nitrogens with zero attached hydrogens (tertiary/aromatic N) is 2. The molecule has 0 aliphatic carbocycles. The smallest absolute Gasteiger partial charge is 0.779 e. The minimum Gasteiger partial charge on any atom is -0.779 e. The van der Waals surface area contributed by atoms with E-state index in [1.165, 1.54) is 0 Å². The Morgan fingerprint density at radius 2 is 0.561 bits per heavy atom. The van der Waals surface area contributed by atoms with Crippen molar-refractivity contribution in [2.24, 2.45) is 0 Å². The summed E-state index contributed by atoms with van der Waals surface area (Å²) >= 11 is 28.3. The fraction of sp³-hybridized carbons (Fsp3) is 0.105. The van der Waals surface area contributed by atoms with Gasteiger partial charge >= 0.3 is 71.9 Å². The van der Waals surface area contributed by atoms with Crippen molar-refractivity contribution >= 4 is 105 Å². The molecule has 0 aliphatic rings. The summed E-state index contributed by atoms with van der Waals surface area (Å²) in [5, 5.41) is 0. The molecule has 0 atom stereocenters. The van der Waals surface area contributed by atoms with E-state index < -0.39 is 7.81 Å². The van der Waals surface area contributed by atoms with Gasteiger partial charge in [-0.3, -0.25) is 9.97 Å². The number of hydrogen-bond donors (Lipinski definition) is 0. The average Bonchev–Trinajstić information content (AvgIpc) is 3.13. The summed E-state index contributed by atoms with van der Waals surface area (Å²) in [6, 6.07) is 44.5. The first-order chi connectivity index (χ1) is 25.9. The summed E-state index contributed by atoms with van der Waals surface area (Å²) in [4.78, 5) is 17.6. The Morgan fingerprint density at radius 3 is 0.754 bits per heavy atom. The van der Waals surface area contributed by atoms with Gasteiger partial charge in [-0.25, -0.2) is 0 Å². The average molecular weight is 1120 g/mol. The first kappa shape index (κ1) is 51.9. The van der Waals surface area contributed by atoms with Crippen LogP contribution in [0.1, 0.15) is 22.8 Å². The molecule has 0 amide bonds. The van der Waals surface area contributed by atoms with Crippen molar-refractivity contribution in [3.63, 3.8) is 0 Å². The van der Waals surface area contributed by atoms with Gasteiger partial charge in [0.2, 0.25) is 0 Å². The number of rotatable bonds is 12. The van der Waals surface area contributed by atoms with Gasteiger partial charge in [0.1, 0.15) is 0 Å². The summed E-state index contributed by atoms with van der Waals surface area (Å²) in [7, 11) is -10.7. The van der Waals surface area contributed by atoms with Gasteiger partial charge in [0.25, 0.3) is 0 Å². The Hall–Kier alpha value is -1.28. The van der Waals surface area contributed by atoms with Crippen LogP contribution in [0, 0.1) is 0 Å². The maximum Gasteiger partial charge on any atom is 3.00 e. The van der Waals surface area contributed by atoms with E-state index in [0.29, 0.717) is 0 Å². The van der Waals surface area contributed by atoms with Gasteiger partial charge in [-0.1, -0.05) is 109 Å². The molecule has 6 aromatic rings. The molecule has 0 unspecified atom stereocenters. The van der Waals surface area contributed by atoms with Crippen molar-refractivity contribution in [3.05, 3.63) is 156 Å². The Kier molecular flexibility index (Phi) is 21.5. The monoisotopic (exact) mass is 1120 g/mol. The summed E-state index contributed by atoms with van der Waals surface area (Å²) < 4.78 is 59.2. The van der Waals surface area contributed by atoms with E-state index in [1.54, 1.807) is 47.0 Å².